The summed E-state index contributed by atoms with van der Waals surface area (Å²) in [7, 11) is 0. The highest BCUT2D eigenvalue weighted by Gasteiger charge is 2.21. The molecule has 5 heteroatoms. The number of rotatable bonds is 0. The lowest BCUT2D eigenvalue weighted by molar-refractivity contribution is 0.0647. The molecule has 3 aliphatic rings. The molecule has 3 aliphatic heterocycles. The van der Waals surface area contributed by atoms with Gasteiger partial charge in [-0.25, -0.2) is 0 Å². The molecule has 12 heavy (non-hydrogen) atoms. The molecular weight excluding hydrogens is 352 g/mol. The van der Waals surface area contributed by atoms with E-state index >= 15 is 0 Å². The largest absolute Gasteiger partial charge is 0.300 e. The van der Waals surface area contributed by atoms with Crippen molar-refractivity contribution in [2.24, 2.45) is 0 Å². The summed E-state index contributed by atoms with van der Waals surface area (Å²) in [6.45, 7) is 7.92. The summed E-state index contributed by atoms with van der Waals surface area (Å²) in [6.07, 6.45) is 0. The molecule has 3 fully saturated rings. The van der Waals surface area contributed by atoms with E-state index in [1.54, 1.807) is 0 Å². The smallest absolute Gasteiger partial charge is 0.124 e. The van der Waals surface area contributed by atoms with Gasteiger partial charge in [-0.05, 0) is 0 Å². The number of halogens is 3. The molecule has 3 rings (SSSR count). The van der Waals surface area contributed by atoms with Gasteiger partial charge in [0.25, 0.3) is 0 Å². The van der Waals surface area contributed by atoms with E-state index in [1.165, 1.54) is 39.3 Å². The van der Waals surface area contributed by atoms with Crippen molar-refractivity contribution in [2.75, 3.05) is 39.3 Å². The SMILES string of the molecule is BrC(Br)Br.C1CN2CCN1CC2. The predicted octanol–water partition coefficient (Wildman–Crippen LogP) is 2.07. The number of hydrogen-bond donors (Lipinski definition) is 0. The number of fused-ring (bicyclic) bond motifs is 3. The van der Waals surface area contributed by atoms with E-state index in [0.717, 1.165) is 0 Å². The maximum absolute atomic E-state index is 3.10. The van der Waals surface area contributed by atoms with Crippen LogP contribution >= 0.6 is 47.8 Å². The standard InChI is InChI=1S/C6H12N2.CHBr3/c1-2-8-5-3-7(1)4-6-8;2-1(3)4/h1-6H2;1H. The minimum atomic E-state index is 0.271. The highest BCUT2D eigenvalue weighted by atomic mass is 80.0. The summed E-state index contributed by atoms with van der Waals surface area (Å²) in [5, 5.41) is 0. The van der Waals surface area contributed by atoms with Gasteiger partial charge in [0.05, 0.1) is 0 Å². The first-order valence-electron chi connectivity index (χ1n) is 4.05. The molecule has 0 aromatic rings. The average molecular weight is 365 g/mol. The summed E-state index contributed by atoms with van der Waals surface area (Å²) in [4.78, 5) is 5.08. The van der Waals surface area contributed by atoms with Crippen LogP contribution in [0.15, 0.2) is 0 Å². The molecule has 0 aliphatic carbocycles. The first kappa shape index (κ1) is 11.4. The average Bonchev–Trinajstić information content (AvgIpc) is 2.07. The molecule has 3 heterocycles. The Morgan fingerprint density at radius 2 is 0.833 bits per heavy atom. The zero-order chi connectivity index (χ0) is 8.97. The molecule has 0 amide bonds. The Hall–Kier alpha value is 1.36. The first-order chi connectivity index (χ1) is 5.68. The third-order valence-corrected chi connectivity index (χ3v) is 2.20. The molecule has 0 N–H and O–H groups in total. The summed E-state index contributed by atoms with van der Waals surface area (Å²) >= 11 is 9.31. The van der Waals surface area contributed by atoms with Gasteiger partial charge in [-0.15, -0.1) is 0 Å². The van der Waals surface area contributed by atoms with Crippen LogP contribution in [0.4, 0.5) is 0 Å². The molecule has 3 saturated heterocycles. The predicted molar refractivity (Wildman–Crippen MR) is 63.4 cm³/mol. The molecular formula is C7H13Br3N2. The zero-order valence-electron chi connectivity index (χ0n) is 6.85. The van der Waals surface area contributed by atoms with Gasteiger partial charge in [0.15, 0.2) is 0 Å². The van der Waals surface area contributed by atoms with E-state index in [4.69, 9.17) is 0 Å². The Balaban J connectivity index is 0.000000157. The van der Waals surface area contributed by atoms with Crippen molar-refractivity contribution in [1.29, 1.82) is 0 Å². The number of alkyl halides is 3. The molecule has 72 valence electrons. The molecule has 2 bridgehead atoms. The van der Waals surface area contributed by atoms with Crippen molar-refractivity contribution in [3.05, 3.63) is 0 Å². The molecule has 0 unspecified atom stereocenters. The molecule has 0 saturated carbocycles. The van der Waals surface area contributed by atoms with E-state index in [0.29, 0.717) is 0 Å². The monoisotopic (exact) mass is 362 g/mol. The van der Waals surface area contributed by atoms with Crippen molar-refractivity contribution >= 4 is 47.8 Å². The lowest BCUT2D eigenvalue weighted by atomic mass is 10.2. The van der Waals surface area contributed by atoms with Gasteiger partial charge in [0.1, 0.15) is 2.65 Å². The van der Waals surface area contributed by atoms with Crippen LogP contribution in [-0.4, -0.2) is 51.7 Å². The molecule has 0 radical (unpaired) electrons. The zero-order valence-corrected chi connectivity index (χ0v) is 11.6. The third kappa shape index (κ3) is 4.56. The van der Waals surface area contributed by atoms with Crippen LogP contribution in [0.1, 0.15) is 0 Å². The fourth-order valence-corrected chi connectivity index (χ4v) is 1.52. The fraction of sp³-hybridized carbons (Fsp3) is 1.00. The van der Waals surface area contributed by atoms with Crippen LogP contribution < -0.4 is 0 Å². The Labute approximate surface area is 99.0 Å². The second-order valence-corrected chi connectivity index (χ2v) is 9.36. The molecule has 0 aromatic heterocycles. The Morgan fingerprint density at radius 3 is 0.917 bits per heavy atom. The highest BCUT2D eigenvalue weighted by molar-refractivity contribution is 9.38. The summed E-state index contributed by atoms with van der Waals surface area (Å²) in [5.74, 6) is 0. The summed E-state index contributed by atoms with van der Waals surface area (Å²) in [6, 6.07) is 0. The Bertz CT molecular complexity index is 98.0. The van der Waals surface area contributed by atoms with Gasteiger partial charge < -0.3 is 0 Å². The van der Waals surface area contributed by atoms with Crippen LogP contribution in [-0.2, 0) is 0 Å². The molecule has 0 aromatic carbocycles. The fourth-order valence-electron chi connectivity index (χ4n) is 1.52. The van der Waals surface area contributed by atoms with Crippen molar-refractivity contribution < 1.29 is 0 Å². The van der Waals surface area contributed by atoms with Crippen molar-refractivity contribution in [3.63, 3.8) is 0 Å². The Morgan fingerprint density at radius 1 is 0.667 bits per heavy atom. The van der Waals surface area contributed by atoms with Gasteiger partial charge in [-0.3, -0.25) is 9.80 Å². The quantitative estimate of drug-likeness (QED) is 0.607. The topological polar surface area (TPSA) is 6.48 Å². The number of hydrogen-bond acceptors (Lipinski definition) is 2. The Kier molecular flexibility index (Phi) is 5.68. The van der Waals surface area contributed by atoms with Gasteiger partial charge in [0.2, 0.25) is 0 Å². The minimum absolute atomic E-state index is 0.271. The van der Waals surface area contributed by atoms with Gasteiger partial charge in [-0.2, -0.15) is 0 Å². The van der Waals surface area contributed by atoms with E-state index in [-0.39, 0.29) is 2.65 Å². The second kappa shape index (κ2) is 5.96. The van der Waals surface area contributed by atoms with Crippen LogP contribution in [0.5, 0.6) is 0 Å². The van der Waals surface area contributed by atoms with E-state index in [9.17, 15) is 0 Å². The van der Waals surface area contributed by atoms with E-state index in [2.05, 4.69) is 57.6 Å². The van der Waals surface area contributed by atoms with Gasteiger partial charge in [-0.1, -0.05) is 47.8 Å². The maximum atomic E-state index is 3.10. The van der Waals surface area contributed by atoms with E-state index in [1.807, 2.05) is 0 Å². The van der Waals surface area contributed by atoms with E-state index < -0.39 is 0 Å². The molecule has 2 nitrogen and oxygen atoms in total. The summed E-state index contributed by atoms with van der Waals surface area (Å²) < 4.78 is 0.271. The van der Waals surface area contributed by atoms with Gasteiger partial charge in [0, 0.05) is 39.3 Å². The van der Waals surface area contributed by atoms with Gasteiger partial charge >= 0.3 is 0 Å². The summed E-state index contributed by atoms with van der Waals surface area (Å²) in [5.41, 5.74) is 0. The molecule has 0 spiro atoms. The third-order valence-electron chi connectivity index (χ3n) is 2.20. The van der Waals surface area contributed by atoms with Crippen LogP contribution in [0.2, 0.25) is 0 Å². The van der Waals surface area contributed by atoms with Crippen LogP contribution in [0.3, 0.4) is 0 Å². The van der Waals surface area contributed by atoms with Crippen molar-refractivity contribution in [2.45, 2.75) is 2.65 Å². The van der Waals surface area contributed by atoms with Crippen LogP contribution in [0.25, 0.3) is 0 Å². The highest BCUT2D eigenvalue weighted by Crippen LogP contribution is 2.13. The number of nitrogens with zero attached hydrogens (tertiary/aromatic N) is 2. The normalized spacial score (nSPS) is 33.0. The van der Waals surface area contributed by atoms with Crippen LogP contribution in [0, 0.1) is 0 Å². The van der Waals surface area contributed by atoms with Crippen molar-refractivity contribution in [1.82, 2.24) is 9.80 Å². The van der Waals surface area contributed by atoms with Crippen molar-refractivity contribution in [3.8, 4) is 0 Å². The molecule has 0 atom stereocenters. The second-order valence-electron chi connectivity index (χ2n) is 2.93. The number of piperazine rings is 3. The first-order valence-corrected chi connectivity index (χ1v) is 6.80. The lowest BCUT2D eigenvalue weighted by Gasteiger charge is -2.41. The maximum Gasteiger partial charge on any atom is 0.124 e. The minimum Gasteiger partial charge on any atom is -0.300 e. The lowest BCUT2D eigenvalue weighted by Crippen LogP contribution is -2.55.